The molecule has 0 saturated carbocycles. The standard InChI is InChI=1S/C15H15ClO3/c1-10(17)19-15(11-6-8-12(16)9-7-11)13-4-2-3-5-14(13)18/h4,6-9,15H,2-3,5H2,1H3. The third kappa shape index (κ3) is 3.44. The molecule has 0 heterocycles. The fourth-order valence-corrected chi connectivity index (χ4v) is 2.27. The molecule has 1 aliphatic carbocycles. The van der Waals surface area contributed by atoms with E-state index in [2.05, 4.69) is 0 Å². The molecule has 0 spiro atoms. The SMILES string of the molecule is CC(=O)OC(C1=CCCCC1=O)c1ccc(Cl)cc1. The van der Waals surface area contributed by atoms with Gasteiger partial charge in [0.15, 0.2) is 11.9 Å². The van der Waals surface area contributed by atoms with E-state index in [9.17, 15) is 9.59 Å². The number of Topliss-reactive ketones (excluding diaryl/α,β-unsaturated/α-hetero) is 1. The quantitative estimate of drug-likeness (QED) is 0.793. The van der Waals surface area contributed by atoms with Gasteiger partial charge in [0.25, 0.3) is 0 Å². The van der Waals surface area contributed by atoms with Crippen LogP contribution in [0.2, 0.25) is 5.02 Å². The first-order valence-electron chi connectivity index (χ1n) is 6.24. The number of ether oxygens (including phenoxy) is 1. The van der Waals surface area contributed by atoms with E-state index in [1.54, 1.807) is 24.3 Å². The van der Waals surface area contributed by atoms with Gasteiger partial charge in [-0.2, -0.15) is 0 Å². The Morgan fingerprint density at radius 1 is 1.32 bits per heavy atom. The van der Waals surface area contributed by atoms with Gasteiger partial charge in [-0.15, -0.1) is 0 Å². The molecule has 3 nitrogen and oxygen atoms in total. The highest BCUT2D eigenvalue weighted by Crippen LogP contribution is 2.31. The van der Waals surface area contributed by atoms with Crippen LogP contribution in [0.3, 0.4) is 0 Å². The van der Waals surface area contributed by atoms with Crippen molar-refractivity contribution in [1.29, 1.82) is 0 Å². The Hall–Kier alpha value is -1.61. The van der Waals surface area contributed by atoms with E-state index in [-0.39, 0.29) is 5.78 Å². The molecule has 0 amide bonds. The van der Waals surface area contributed by atoms with Crippen LogP contribution in [-0.2, 0) is 14.3 Å². The Bertz CT molecular complexity index is 517. The van der Waals surface area contributed by atoms with Crippen LogP contribution < -0.4 is 0 Å². The molecule has 4 heteroatoms. The summed E-state index contributed by atoms with van der Waals surface area (Å²) in [5, 5.41) is 0.606. The molecular weight excluding hydrogens is 264 g/mol. The minimum atomic E-state index is -0.623. The van der Waals surface area contributed by atoms with Crippen LogP contribution in [0.25, 0.3) is 0 Å². The zero-order valence-corrected chi connectivity index (χ0v) is 11.4. The summed E-state index contributed by atoms with van der Waals surface area (Å²) < 4.78 is 5.32. The number of hydrogen-bond acceptors (Lipinski definition) is 3. The van der Waals surface area contributed by atoms with Crippen molar-refractivity contribution in [2.45, 2.75) is 32.3 Å². The fourth-order valence-electron chi connectivity index (χ4n) is 2.15. The van der Waals surface area contributed by atoms with Gasteiger partial charge in [-0.05, 0) is 30.5 Å². The van der Waals surface area contributed by atoms with Gasteiger partial charge in [-0.25, -0.2) is 0 Å². The van der Waals surface area contributed by atoms with Crippen molar-refractivity contribution in [2.75, 3.05) is 0 Å². The number of carbonyl (C=O) groups is 2. The molecule has 0 aliphatic heterocycles. The Labute approximate surface area is 117 Å². The Morgan fingerprint density at radius 2 is 2.00 bits per heavy atom. The summed E-state index contributed by atoms with van der Waals surface area (Å²) in [4.78, 5) is 23.2. The van der Waals surface area contributed by atoms with E-state index in [1.807, 2.05) is 6.08 Å². The van der Waals surface area contributed by atoms with Crippen LogP contribution in [0.1, 0.15) is 37.9 Å². The van der Waals surface area contributed by atoms with E-state index in [4.69, 9.17) is 16.3 Å². The Balaban J connectivity index is 2.35. The van der Waals surface area contributed by atoms with Crippen molar-refractivity contribution < 1.29 is 14.3 Å². The molecule has 2 rings (SSSR count). The van der Waals surface area contributed by atoms with Gasteiger partial charge in [0, 0.05) is 23.9 Å². The highest BCUT2D eigenvalue weighted by atomic mass is 35.5. The summed E-state index contributed by atoms with van der Waals surface area (Å²) in [5.74, 6) is -0.355. The number of allylic oxidation sites excluding steroid dienone is 1. The molecule has 1 aromatic carbocycles. The van der Waals surface area contributed by atoms with Crippen LogP contribution in [0, 0.1) is 0 Å². The third-order valence-electron chi connectivity index (χ3n) is 3.03. The summed E-state index contributed by atoms with van der Waals surface area (Å²) in [6, 6.07) is 7.00. The van der Waals surface area contributed by atoms with Crippen molar-refractivity contribution in [3.05, 3.63) is 46.5 Å². The minimum Gasteiger partial charge on any atom is -0.453 e. The maximum Gasteiger partial charge on any atom is 0.303 e. The summed E-state index contributed by atoms with van der Waals surface area (Å²) >= 11 is 5.85. The van der Waals surface area contributed by atoms with E-state index >= 15 is 0 Å². The molecule has 1 aromatic rings. The summed E-state index contributed by atoms with van der Waals surface area (Å²) in [6.07, 6.45) is 3.45. The lowest BCUT2D eigenvalue weighted by molar-refractivity contribution is -0.145. The Kier molecular flexibility index (Phi) is 4.38. The van der Waals surface area contributed by atoms with Crippen molar-refractivity contribution in [2.24, 2.45) is 0 Å². The molecule has 0 bridgehead atoms. The molecule has 19 heavy (non-hydrogen) atoms. The van der Waals surface area contributed by atoms with Crippen LogP contribution in [0.4, 0.5) is 0 Å². The maximum absolute atomic E-state index is 12.0. The number of benzene rings is 1. The van der Waals surface area contributed by atoms with Gasteiger partial charge < -0.3 is 4.74 Å². The van der Waals surface area contributed by atoms with Crippen LogP contribution in [-0.4, -0.2) is 11.8 Å². The second-order valence-corrected chi connectivity index (χ2v) is 4.95. The first-order chi connectivity index (χ1) is 9.08. The summed E-state index contributed by atoms with van der Waals surface area (Å²) in [6.45, 7) is 1.34. The second kappa shape index (κ2) is 6.02. The largest absolute Gasteiger partial charge is 0.453 e. The Morgan fingerprint density at radius 3 is 2.58 bits per heavy atom. The zero-order chi connectivity index (χ0) is 13.8. The number of carbonyl (C=O) groups excluding carboxylic acids is 2. The lowest BCUT2D eigenvalue weighted by Gasteiger charge is -2.22. The fraction of sp³-hybridized carbons (Fsp3) is 0.333. The maximum atomic E-state index is 12.0. The van der Waals surface area contributed by atoms with Crippen LogP contribution in [0.15, 0.2) is 35.9 Å². The lowest BCUT2D eigenvalue weighted by atomic mass is 9.90. The first-order valence-corrected chi connectivity index (χ1v) is 6.61. The normalized spacial score (nSPS) is 16.7. The van der Waals surface area contributed by atoms with Crippen LogP contribution >= 0.6 is 11.6 Å². The number of hydrogen-bond donors (Lipinski definition) is 0. The van der Waals surface area contributed by atoms with Crippen molar-refractivity contribution in [3.8, 4) is 0 Å². The number of ketones is 1. The molecule has 1 unspecified atom stereocenters. The van der Waals surface area contributed by atoms with E-state index in [1.165, 1.54) is 6.92 Å². The van der Waals surface area contributed by atoms with Gasteiger partial charge >= 0.3 is 5.97 Å². The number of rotatable bonds is 3. The smallest absolute Gasteiger partial charge is 0.303 e. The predicted octanol–water partition coefficient (Wildman–Crippen LogP) is 3.62. The monoisotopic (exact) mass is 278 g/mol. The van der Waals surface area contributed by atoms with Crippen molar-refractivity contribution >= 4 is 23.4 Å². The lowest BCUT2D eigenvalue weighted by Crippen LogP contribution is -2.19. The van der Waals surface area contributed by atoms with Gasteiger partial charge in [-0.3, -0.25) is 9.59 Å². The molecule has 1 atom stereocenters. The molecule has 0 N–H and O–H groups in total. The number of halogens is 1. The van der Waals surface area contributed by atoms with Crippen molar-refractivity contribution in [3.63, 3.8) is 0 Å². The molecule has 0 radical (unpaired) electrons. The van der Waals surface area contributed by atoms with Crippen LogP contribution in [0.5, 0.6) is 0 Å². The zero-order valence-electron chi connectivity index (χ0n) is 10.7. The van der Waals surface area contributed by atoms with Gasteiger partial charge in [0.05, 0.1) is 0 Å². The van der Waals surface area contributed by atoms with Gasteiger partial charge in [-0.1, -0.05) is 29.8 Å². The van der Waals surface area contributed by atoms with E-state index in [0.717, 1.165) is 18.4 Å². The topological polar surface area (TPSA) is 43.4 Å². The molecule has 0 fully saturated rings. The number of esters is 1. The van der Waals surface area contributed by atoms with Gasteiger partial charge in [0.1, 0.15) is 0 Å². The van der Waals surface area contributed by atoms with E-state index < -0.39 is 12.1 Å². The summed E-state index contributed by atoms with van der Waals surface area (Å²) in [5.41, 5.74) is 1.34. The first kappa shape index (κ1) is 13.8. The molecule has 0 aromatic heterocycles. The average Bonchev–Trinajstić information content (AvgIpc) is 2.38. The van der Waals surface area contributed by atoms with Crippen molar-refractivity contribution in [1.82, 2.24) is 0 Å². The molecule has 100 valence electrons. The molecule has 1 aliphatic rings. The highest BCUT2D eigenvalue weighted by Gasteiger charge is 2.26. The minimum absolute atomic E-state index is 0.0486. The molecule has 0 saturated heterocycles. The summed E-state index contributed by atoms with van der Waals surface area (Å²) in [7, 11) is 0. The second-order valence-electron chi connectivity index (χ2n) is 4.52. The predicted molar refractivity (Wildman–Crippen MR) is 72.9 cm³/mol. The third-order valence-corrected chi connectivity index (χ3v) is 3.29. The molecular formula is C15H15ClO3. The van der Waals surface area contributed by atoms with E-state index in [0.29, 0.717) is 17.0 Å². The van der Waals surface area contributed by atoms with Gasteiger partial charge in [0.2, 0.25) is 0 Å². The average molecular weight is 279 g/mol. The highest BCUT2D eigenvalue weighted by molar-refractivity contribution is 6.30.